The summed E-state index contributed by atoms with van der Waals surface area (Å²) in [5.41, 5.74) is 7.74. The number of nitrogens with zero attached hydrogens (tertiary/aromatic N) is 6. The molecule has 3 atom stereocenters. The summed E-state index contributed by atoms with van der Waals surface area (Å²) >= 11 is 0. The van der Waals surface area contributed by atoms with Crippen LogP contribution in [0, 0.1) is 0 Å². The van der Waals surface area contributed by atoms with Gasteiger partial charge in [-0.1, -0.05) is 48.9 Å². The summed E-state index contributed by atoms with van der Waals surface area (Å²) < 4.78 is 43.9. The summed E-state index contributed by atoms with van der Waals surface area (Å²) in [4.78, 5) is 72.2. The van der Waals surface area contributed by atoms with E-state index in [-0.39, 0.29) is 53.6 Å². The standard InChI is InChI=1S/C37H42N4O8.C27H31N5O3/c1-24(49-37(43)26-13-5-4-6-14-26)12-7-9-18-41-36(42)28-16-11-15-27(32(28)40-41)33-35(45-3)38-29-20-25(22-47-31-17-8-10-19-46-31)21-30(34(29)39-33)48-23-44-2;1-17-8-3-6-13-32-27(34)20-10-7-9-19(23(20)30-32)24-26(33)28-21-14-18(15-22(35-17)25(21)29-24)16-31-11-4-2-5-12-31/h4-6,11,13-16,20-21,24,31,40H,7-10,12,17-19,22-23H2,1-3H3;7,9-10,14-15,17,30H,2-6,8,11-13,16H2,1H3,(H,28,33)/t;17-/m.1/s1. The van der Waals surface area contributed by atoms with Crippen molar-refractivity contribution in [3.63, 3.8) is 0 Å². The van der Waals surface area contributed by atoms with E-state index in [0.717, 1.165) is 75.7 Å². The van der Waals surface area contributed by atoms with Gasteiger partial charge in [-0.15, -0.1) is 0 Å². The Bertz CT molecular complexity index is 3950. The highest BCUT2D eigenvalue weighted by atomic mass is 16.7. The number of hydrogen-bond acceptors (Lipinski definition) is 15. The lowest BCUT2D eigenvalue weighted by Crippen LogP contribution is -2.29. The van der Waals surface area contributed by atoms with Gasteiger partial charge in [-0.05, 0) is 157 Å². The predicted octanol–water partition coefficient (Wildman–Crippen LogP) is 10.6. The largest absolute Gasteiger partial charge is 0.488 e. The van der Waals surface area contributed by atoms with Gasteiger partial charge in [0.05, 0.1) is 64.3 Å². The van der Waals surface area contributed by atoms with Gasteiger partial charge in [-0.2, -0.15) is 0 Å². The zero-order valence-electron chi connectivity index (χ0n) is 48.2. The summed E-state index contributed by atoms with van der Waals surface area (Å²) in [5.74, 6) is 1.16. The van der Waals surface area contributed by atoms with Gasteiger partial charge in [0.15, 0.2) is 18.8 Å². The third-order valence-electron chi connectivity index (χ3n) is 15.8. The van der Waals surface area contributed by atoms with E-state index in [0.29, 0.717) is 123 Å². The molecule has 7 heterocycles. The van der Waals surface area contributed by atoms with Gasteiger partial charge in [0.2, 0.25) is 5.88 Å². The molecule has 20 heteroatoms. The Hall–Kier alpha value is -8.17. The molecule has 84 heavy (non-hydrogen) atoms. The van der Waals surface area contributed by atoms with Crippen molar-refractivity contribution in [1.29, 1.82) is 0 Å². The number of esters is 1. The molecular weight excluding hydrogens is 1070 g/mol. The lowest BCUT2D eigenvalue weighted by Gasteiger charge is -2.27. The number of aromatic nitrogens is 8. The molecule has 0 saturated carbocycles. The van der Waals surface area contributed by atoms with Crippen LogP contribution in [-0.4, -0.2) is 110 Å². The van der Waals surface area contributed by atoms with Crippen molar-refractivity contribution in [2.24, 2.45) is 0 Å². The van der Waals surface area contributed by atoms with E-state index in [4.69, 9.17) is 48.1 Å². The molecule has 2 unspecified atom stereocenters. The molecule has 12 rings (SSSR count). The maximum Gasteiger partial charge on any atom is 0.338 e. The number of fused-ring (bicyclic) bond motifs is 5. The number of ether oxygens (including phenoxy) is 7. The minimum Gasteiger partial charge on any atom is -0.488 e. The summed E-state index contributed by atoms with van der Waals surface area (Å²) in [5, 5.41) is 7.63. The molecule has 20 nitrogen and oxygen atoms in total. The van der Waals surface area contributed by atoms with Crippen LogP contribution in [0.2, 0.25) is 0 Å². The zero-order chi connectivity index (χ0) is 58.1. The van der Waals surface area contributed by atoms with Gasteiger partial charge in [0.25, 0.3) is 16.7 Å². The van der Waals surface area contributed by atoms with Crippen molar-refractivity contribution in [2.75, 3.05) is 40.7 Å². The molecule has 3 aliphatic rings. The Morgan fingerprint density at radius 2 is 1.50 bits per heavy atom. The van der Waals surface area contributed by atoms with Gasteiger partial charge in [-0.3, -0.25) is 38.8 Å². The summed E-state index contributed by atoms with van der Waals surface area (Å²) in [6, 6.07) is 27.8. The monoisotopic (exact) mass is 1140 g/mol. The summed E-state index contributed by atoms with van der Waals surface area (Å²) in [7, 11) is 3.10. The molecule has 4 bridgehead atoms. The summed E-state index contributed by atoms with van der Waals surface area (Å²) in [6.45, 7) is 9.09. The average Bonchev–Trinajstić information content (AvgIpc) is 3.52. The second-order valence-corrected chi connectivity index (χ2v) is 22.0. The number of para-hydroxylation sites is 2. The molecular formula is C64H73N9O11. The minimum absolute atomic E-state index is 0.0117. The first-order valence-corrected chi connectivity index (χ1v) is 29.4. The number of nitrogens with one attached hydrogen (secondary N) is 3. The van der Waals surface area contributed by atoms with E-state index in [1.807, 2.05) is 67.6 Å². The lowest BCUT2D eigenvalue weighted by atomic mass is 10.1. The number of carbonyl (C=O) groups excluding carboxylic acids is 1. The number of rotatable bonds is 17. The number of unbranched alkanes of at least 4 members (excludes halogenated alkanes) is 1. The van der Waals surface area contributed by atoms with E-state index in [1.54, 1.807) is 47.8 Å². The van der Waals surface area contributed by atoms with Crippen LogP contribution in [0.4, 0.5) is 0 Å². The van der Waals surface area contributed by atoms with Gasteiger partial charge in [0.1, 0.15) is 28.2 Å². The molecule has 9 aromatic rings. The number of piperidine rings is 1. The first-order valence-electron chi connectivity index (χ1n) is 29.4. The quantitative estimate of drug-likeness (QED) is 0.0437. The van der Waals surface area contributed by atoms with Gasteiger partial charge < -0.3 is 38.1 Å². The van der Waals surface area contributed by atoms with E-state index in [1.165, 1.54) is 19.3 Å². The fourth-order valence-corrected chi connectivity index (χ4v) is 11.4. The third kappa shape index (κ3) is 13.1. The van der Waals surface area contributed by atoms with Crippen molar-refractivity contribution in [3.8, 4) is 39.9 Å². The number of aryl methyl sites for hydroxylation is 2. The van der Waals surface area contributed by atoms with E-state index >= 15 is 0 Å². The normalized spacial score (nSPS) is 17.0. The third-order valence-corrected chi connectivity index (χ3v) is 15.8. The molecule has 3 N–H and O–H groups in total. The van der Waals surface area contributed by atoms with Crippen LogP contribution in [0.1, 0.15) is 112 Å². The van der Waals surface area contributed by atoms with Gasteiger partial charge in [0, 0.05) is 44.5 Å². The Kier molecular flexibility index (Phi) is 18.3. The molecule has 2 saturated heterocycles. The molecule has 3 aliphatic heterocycles. The maximum atomic E-state index is 13.4. The number of benzene rings is 5. The Morgan fingerprint density at radius 1 is 0.750 bits per heavy atom. The fourth-order valence-electron chi connectivity index (χ4n) is 11.4. The Morgan fingerprint density at radius 3 is 2.27 bits per heavy atom. The number of likely N-dealkylation sites (tertiary alicyclic amines) is 1. The fraction of sp³-hybridized carbons (Fsp3) is 0.422. The number of H-pyrrole nitrogens is 3. The molecule has 0 aliphatic carbocycles. The van der Waals surface area contributed by atoms with Crippen molar-refractivity contribution in [3.05, 3.63) is 139 Å². The van der Waals surface area contributed by atoms with Crippen molar-refractivity contribution >= 4 is 49.8 Å². The molecule has 0 amide bonds. The maximum absolute atomic E-state index is 13.4. The minimum atomic E-state index is -0.337. The molecule has 5 aromatic carbocycles. The van der Waals surface area contributed by atoms with Crippen LogP contribution in [0.3, 0.4) is 0 Å². The second-order valence-electron chi connectivity index (χ2n) is 22.0. The molecule has 4 aromatic heterocycles. The second kappa shape index (κ2) is 26.6. The first-order chi connectivity index (χ1) is 41.0. The number of methoxy groups -OCH3 is 2. The van der Waals surface area contributed by atoms with Crippen LogP contribution in [0.5, 0.6) is 17.4 Å². The number of carbonyl (C=O) groups is 1. The Labute approximate surface area is 485 Å². The molecule has 2 fully saturated rings. The Balaban J connectivity index is 0.000000185. The number of aromatic amines is 3. The SMILES string of the molecule is COCOc1cc(COC2CCCCO2)cc2nc(OC)c(-c3cccc4c(=O)n(CCCCC(C)OC(=O)c5ccccc5)[nH]c34)nc12.C[C@@H]1CCCCn2[nH]c3c(cccc3c2=O)-c2nc3c(cc(CN4CCCCC4)cc3[nH]c2=O)O1. The van der Waals surface area contributed by atoms with Crippen molar-refractivity contribution in [1.82, 2.24) is 44.4 Å². The van der Waals surface area contributed by atoms with Crippen LogP contribution < -0.4 is 30.9 Å². The first kappa shape index (κ1) is 57.6. The van der Waals surface area contributed by atoms with E-state index in [9.17, 15) is 19.2 Å². The lowest BCUT2D eigenvalue weighted by molar-refractivity contribution is -0.168. The highest BCUT2D eigenvalue weighted by molar-refractivity contribution is 5.96. The van der Waals surface area contributed by atoms with Crippen molar-refractivity contribution < 1.29 is 38.0 Å². The zero-order valence-corrected chi connectivity index (χ0v) is 48.2. The smallest absolute Gasteiger partial charge is 0.338 e. The van der Waals surface area contributed by atoms with E-state index < -0.39 is 0 Å². The number of hydrogen-bond donors (Lipinski definition) is 3. The highest BCUT2D eigenvalue weighted by Crippen LogP contribution is 2.37. The molecule has 0 radical (unpaired) electrons. The summed E-state index contributed by atoms with van der Waals surface area (Å²) in [6.07, 6.45) is 11.1. The topological polar surface area (TPSA) is 232 Å². The van der Waals surface area contributed by atoms with Crippen LogP contribution in [0.15, 0.2) is 105 Å². The van der Waals surface area contributed by atoms with E-state index in [2.05, 4.69) is 33.1 Å². The molecule has 0 spiro atoms. The predicted molar refractivity (Wildman–Crippen MR) is 321 cm³/mol. The van der Waals surface area contributed by atoms with Crippen molar-refractivity contribution in [2.45, 2.75) is 136 Å². The van der Waals surface area contributed by atoms with Crippen LogP contribution in [-0.2, 0) is 45.2 Å². The average molecular weight is 1140 g/mol. The van der Waals surface area contributed by atoms with Crippen LogP contribution in [0.25, 0.3) is 66.4 Å². The highest BCUT2D eigenvalue weighted by Gasteiger charge is 2.24. The van der Waals surface area contributed by atoms with Gasteiger partial charge in [-0.25, -0.2) is 19.7 Å². The van der Waals surface area contributed by atoms with Crippen LogP contribution >= 0.6 is 0 Å². The molecule has 440 valence electrons. The van der Waals surface area contributed by atoms with Gasteiger partial charge >= 0.3 is 5.97 Å².